The van der Waals surface area contributed by atoms with Crippen molar-refractivity contribution in [1.29, 1.82) is 0 Å². The molecule has 0 aromatic carbocycles. The quantitative estimate of drug-likeness (QED) is 0.650. The minimum absolute atomic E-state index is 0.539. The maximum atomic E-state index is 5.48. The van der Waals surface area contributed by atoms with Gasteiger partial charge in [0.05, 0.1) is 6.61 Å². The summed E-state index contributed by atoms with van der Waals surface area (Å²) >= 11 is 0. The van der Waals surface area contributed by atoms with Crippen molar-refractivity contribution in [3.05, 3.63) is 12.4 Å². The third-order valence-electron chi connectivity index (χ3n) is 1.28. The molecule has 1 aromatic heterocycles. The molecule has 0 atom stereocenters. The second-order valence-corrected chi connectivity index (χ2v) is 1.97. The van der Waals surface area contributed by atoms with Crippen molar-refractivity contribution in [2.24, 2.45) is 0 Å². The summed E-state index contributed by atoms with van der Waals surface area (Å²) in [6.07, 6.45) is 3.50. The van der Waals surface area contributed by atoms with Gasteiger partial charge in [-0.25, -0.2) is 4.98 Å². The average Bonchev–Trinajstić information content (AvgIpc) is 2.31. The maximum Gasteiger partial charge on any atom is 0.200 e. The molecule has 0 saturated heterocycles. The van der Waals surface area contributed by atoms with Gasteiger partial charge in [0.2, 0.25) is 0 Å². The monoisotopic (exact) mass is 141 g/mol. The number of methoxy groups -OCH3 is 1. The van der Waals surface area contributed by atoms with Crippen LogP contribution in [-0.2, 0) is 11.3 Å². The fraction of sp³-hybridized carbons (Fsp3) is 0.500. The summed E-state index contributed by atoms with van der Waals surface area (Å²) < 4.78 is 6.70. The van der Waals surface area contributed by atoms with Gasteiger partial charge >= 0.3 is 0 Å². The van der Waals surface area contributed by atoms with E-state index in [1.165, 1.54) is 0 Å². The molecule has 0 aliphatic rings. The zero-order valence-electron chi connectivity index (χ0n) is 5.95. The number of imidazole rings is 1. The smallest absolute Gasteiger partial charge is 0.200 e. The highest BCUT2D eigenvalue weighted by Crippen LogP contribution is 1.96. The summed E-state index contributed by atoms with van der Waals surface area (Å²) in [5.41, 5.74) is 5.48. The zero-order valence-corrected chi connectivity index (χ0v) is 5.95. The molecule has 1 aromatic rings. The minimum atomic E-state index is 0.539. The van der Waals surface area contributed by atoms with E-state index in [4.69, 9.17) is 10.5 Å². The summed E-state index contributed by atoms with van der Waals surface area (Å²) in [6, 6.07) is 0. The first-order valence-electron chi connectivity index (χ1n) is 3.10. The normalized spacial score (nSPS) is 10.1. The Morgan fingerprint density at radius 2 is 2.60 bits per heavy atom. The van der Waals surface area contributed by atoms with E-state index in [0.717, 1.165) is 6.54 Å². The van der Waals surface area contributed by atoms with E-state index in [1.807, 2.05) is 10.8 Å². The lowest BCUT2D eigenvalue weighted by Gasteiger charge is -2.01. The summed E-state index contributed by atoms with van der Waals surface area (Å²) in [4.78, 5) is 3.85. The van der Waals surface area contributed by atoms with E-state index in [-0.39, 0.29) is 0 Å². The number of nitrogens with two attached hydrogens (primary N) is 1. The van der Waals surface area contributed by atoms with Crippen LogP contribution in [-0.4, -0.2) is 23.3 Å². The van der Waals surface area contributed by atoms with E-state index in [0.29, 0.717) is 12.6 Å². The lowest BCUT2D eigenvalue weighted by Crippen LogP contribution is -2.06. The number of rotatable bonds is 3. The number of anilines is 1. The fourth-order valence-electron chi connectivity index (χ4n) is 0.719. The van der Waals surface area contributed by atoms with Crippen LogP contribution in [0.2, 0.25) is 0 Å². The molecular weight excluding hydrogens is 130 g/mol. The van der Waals surface area contributed by atoms with Crippen molar-refractivity contribution in [3.63, 3.8) is 0 Å². The summed E-state index contributed by atoms with van der Waals surface area (Å²) in [5, 5.41) is 0. The van der Waals surface area contributed by atoms with Crippen LogP contribution in [0.15, 0.2) is 12.4 Å². The van der Waals surface area contributed by atoms with E-state index in [9.17, 15) is 0 Å². The van der Waals surface area contributed by atoms with Gasteiger partial charge in [0, 0.05) is 26.0 Å². The Labute approximate surface area is 59.6 Å². The fourth-order valence-corrected chi connectivity index (χ4v) is 0.719. The molecule has 4 heteroatoms. The van der Waals surface area contributed by atoms with Gasteiger partial charge < -0.3 is 15.0 Å². The zero-order chi connectivity index (χ0) is 7.40. The number of nitrogens with zero attached hydrogens (tertiary/aromatic N) is 2. The van der Waals surface area contributed by atoms with Crippen molar-refractivity contribution < 1.29 is 4.74 Å². The minimum Gasteiger partial charge on any atom is -0.383 e. The third kappa shape index (κ3) is 1.48. The molecule has 4 nitrogen and oxygen atoms in total. The van der Waals surface area contributed by atoms with Crippen LogP contribution in [0.3, 0.4) is 0 Å². The summed E-state index contributed by atoms with van der Waals surface area (Å²) in [6.45, 7) is 1.43. The van der Waals surface area contributed by atoms with E-state index < -0.39 is 0 Å². The molecule has 1 rings (SSSR count). The van der Waals surface area contributed by atoms with Gasteiger partial charge in [0.1, 0.15) is 0 Å². The van der Waals surface area contributed by atoms with Gasteiger partial charge in [-0.3, -0.25) is 0 Å². The van der Waals surface area contributed by atoms with Crippen LogP contribution in [0.25, 0.3) is 0 Å². The standard InChI is InChI=1S/C6H11N3O/c1-10-5-4-9-3-2-8-6(9)7/h2-3H,4-5H2,1H3,(H2,7,8). The Morgan fingerprint density at radius 1 is 1.80 bits per heavy atom. The summed E-state index contributed by atoms with van der Waals surface area (Å²) in [5.74, 6) is 0.539. The molecule has 0 spiro atoms. The molecule has 0 unspecified atom stereocenters. The molecule has 0 fully saturated rings. The SMILES string of the molecule is COCCn1ccnc1N. The van der Waals surface area contributed by atoms with Crippen molar-refractivity contribution >= 4 is 5.95 Å². The molecule has 0 saturated carbocycles. The van der Waals surface area contributed by atoms with E-state index >= 15 is 0 Å². The van der Waals surface area contributed by atoms with E-state index in [2.05, 4.69) is 4.98 Å². The predicted molar refractivity (Wildman–Crippen MR) is 38.5 cm³/mol. The van der Waals surface area contributed by atoms with Crippen LogP contribution in [0.4, 0.5) is 5.95 Å². The number of aromatic nitrogens is 2. The van der Waals surface area contributed by atoms with Crippen LogP contribution in [0.1, 0.15) is 0 Å². The molecule has 56 valence electrons. The first-order chi connectivity index (χ1) is 4.84. The van der Waals surface area contributed by atoms with Gasteiger partial charge in [-0.05, 0) is 0 Å². The number of hydrogen-bond donors (Lipinski definition) is 1. The summed E-state index contributed by atoms with van der Waals surface area (Å²) in [7, 11) is 1.66. The number of nitrogen functional groups attached to an aromatic ring is 1. The van der Waals surface area contributed by atoms with Crippen molar-refractivity contribution in [1.82, 2.24) is 9.55 Å². The molecule has 2 N–H and O–H groups in total. The van der Waals surface area contributed by atoms with Gasteiger partial charge in [0.25, 0.3) is 0 Å². The highest BCUT2D eigenvalue weighted by Gasteiger charge is 1.94. The molecule has 10 heavy (non-hydrogen) atoms. The first-order valence-corrected chi connectivity index (χ1v) is 3.10. The second-order valence-electron chi connectivity index (χ2n) is 1.97. The highest BCUT2D eigenvalue weighted by atomic mass is 16.5. The molecule has 0 radical (unpaired) electrons. The molecule has 0 aliphatic heterocycles. The van der Waals surface area contributed by atoms with Crippen molar-refractivity contribution in [2.75, 3.05) is 19.5 Å². The van der Waals surface area contributed by atoms with Gasteiger partial charge in [0.15, 0.2) is 5.95 Å². The second kappa shape index (κ2) is 3.22. The van der Waals surface area contributed by atoms with Crippen LogP contribution < -0.4 is 5.73 Å². The third-order valence-corrected chi connectivity index (χ3v) is 1.28. The lowest BCUT2D eigenvalue weighted by molar-refractivity contribution is 0.188. The number of hydrogen-bond acceptors (Lipinski definition) is 3. The molecule has 0 bridgehead atoms. The average molecular weight is 141 g/mol. The van der Waals surface area contributed by atoms with Crippen molar-refractivity contribution in [2.45, 2.75) is 6.54 Å². The first kappa shape index (κ1) is 7.08. The van der Waals surface area contributed by atoms with E-state index in [1.54, 1.807) is 13.3 Å². The Balaban J connectivity index is 2.49. The Morgan fingerprint density at radius 3 is 3.10 bits per heavy atom. The van der Waals surface area contributed by atoms with Crippen LogP contribution >= 0.6 is 0 Å². The Hall–Kier alpha value is -1.03. The Bertz CT molecular complexity index is 197. The Kier molecular flexibility index (Phi) is 2.28. The van der Waals surface area contributed by atoms with Gasteiger partial charge in [-0.15, -0.1) is 0 Å². The van der Waals surface area contributed by atoms with Crippen LogP contribution in [0.5, 0.6) is 0 Å². The predicted octanol–water partition coefficient (Wildman–Crippen LogP) is 0.112. The van der Waals surface area contributed by atoms with Gasteiger partial charge in [-0.2, -0.15) is 0 Å². The van der Waals surface area contributed by atoms with Gasteiger partial charge in [-0.1, -0.05) is 0 Å². The lowest BCUT2D eigenvalue weighted by atomic mass is 10.6. The molecule has 0 aliphatic carbocycles. The largest absolute Gasteiger partial charge is 0.383 e. The molecule has 0 amide bonds. The number of ether oxygens (including phenoxy) is 1. The highest BCUT2D eigenvalue weighted by molar-refractivity contribution is 5.16. The van der Waals surface area contributed by atoms with Crippen molar-refractivity contribution in [3.8, 4) is 0 Å². The maximum absolute atomic E-state index is 5.48. The molecule has 1 heterocycles. The topological polar surface area (TPSA) is 53.1 Å². The van der Waals surface area contributed by atoms with Crippen LogP contribution in [0, 0.1) is 0 Å². The molecular formula is C6H11N3O.